The molecule has 47 heavy (non-hydrogen) atoms. The molecule has 6 rings (SSSR count). The number of nitrogens with zero attached hydrogens (tertiary/aromatic N) is 4. The topological polar surface area (TPSA) is 79.7 Å². The Hall–Kier alpha value is -4.57. The van der Waals surface area contributed by atoms with Crippen molar-refractivity contribution in [2.75, 3.05) is 26.2 Å². The first-order valence-corrected chi connectivity index (χ1v) is 16.5. The minimum absolute atomic E-state index is 0.119. The molecule has 1 saturated heterocycles. The molecule has 1 aromatic heterocycles. The Balaban J connectivity index is 1.34. The lowest BCUT2D eigenvalue weighted by atomic mass is 9.89. The molecule has 2 aliphatic rings. The van der Waals surface area contributed by atoms with Crippen molar-refractivity contribution in [1.82, 2.24) is 24.7 Å². The maximum absolute atomic E-state index is 14.6. The van der Waals surface area contributed by atoms with Gasteiger partial charge < -0.3 is 19.5 Å². The summed E-state index contributed by atoms with van der Waals surface area (Å²) in [5.41, 5.74) is 3.52. The minimum Gasteiger partial charge on any atom is -0.450 e. The number of ether oxygens (including phenoxy) is 1. The Labute approximate surface area is 274 Å². The van der Waals surface area contributed by atoms with Crippen LogP contribution in [0.2, 0.25) is 0 Å². The van der Waals surface area contributed by atoms with Crippen LogP contribution in [-0.2, 0) is 17.7 Å². The van der Waals surface area contributed by atoms with Gasteiger partial charge in [-0.15, -0.1) is 0 Å². The number of benzene rings is 3. The third-order valence-electron chi connectivity index (χ3n) is 9.18. The molecule has 3 atom stereocenters. The number of nitrogens with one attached hydrogen (secondary N) is 1. The van der Waals surface area contributed by atoms with Crippen LogP contribution >= 0.6 is 0 Å². The fourth-order valence-corrected chi connectivity index (χ4v) is 7.07. The average molecular weight is 642 g/mol. The number of alkyl carbamates (subject to hydrolysis) is 1. The number of piperazine rings is 1. The number of halogens is 2. The predicted molar refractivity (Wildman–Crippen MR) is 176 cm³/mol. The van der Waals surface area contributed by atoms with Gasteiger partial charge in [0.25, 0.3) is 5.91 Å². The van der Waals surface area contributed by atoms with Crippen molar-refractivity contribution in [3.05, 3.63) is 114 Å². The number of aromatic nitrogens is 2. The molecule has 246 valence electrons. The van der Waals surface area contributed by atoms with Crippen molar-refractivity contribution in [3.8, 4) is 11.3 Å². The van der Waals surface area contributed by atoms with E-state index >= 15 is 0 Å². The molecule has 1 N–H and O–H groups in total. The summed E-state index contributed by atoms with van der Waals surface area (Å²) >= 11 is 0. The number of carbonyl (C=O) groups is 2. The molecule has 1 saturated carbocycles. The van der Waals surface area contributed by atoms with Crippen LogP contribution in [0, 0.1) is 11.6 Å². The third kappa shape index (κ3) is 7.71. The second-order valence-corrected chi connectivity index (χ2v) is 12.4. The lowest BCUT2D eigenvalue weighted by Gasteiger charge is -2.41. The second-order valence-electron chi connectivity index (χ2n) is 12.4. The molecule has 2 heterocycles. The Morgan fingerprint density at radius 3 is 2.34 bits per heavy atom. The maximum Gasteiger partial charge on any atom is 0.407 e. The second kappa shape index (κ2) is 14.9. The van der Waals surface area contributed by atoms with Gasteiger partial charge in [-0.25, -0.2) is 18.6 Å². The lowest BCUT2D eigenvalue weighted by Crippen LogP contribution is -2.55. The van der Waals surface area contributed by atoms with E-state index in [0.717, 1.165) is 42.9 Å². The van der Waals surface area contributed by atoms with Crippen LogP contribution in [-0.4, -0.2) is 69.7 Å². The van der Waals surface area contributed by atoms with Crippen LogP contribution in [0.5, 0.6) is 0 Å². The highest BCUT2D eigenvalue weighted by molar-refractivity contribution is 5.98. The van der Waals surface area contributed by atoms with Crippen LogP contribution in [0.15, 0.2) is 85.2 Å². The molecular formula is C37H41F2N5O3. The fourth-order valence-electron chi connectivity index (χ4n) is 7.07. The van der Waals surface area contributed by atoms with E-state index in [1.54, 1.807) is 13.3 Å². The van der Waals surface area contributed by atoms with Gasteiger partial charge >= 0.3 is 6.09 Å². The van der Waals surface area contributed by atoms with Gasteiger partial charge in [0.2, 0.25) is 0 Å². The Kier molecular flexibility index (Phi) is 10.3. The van der Waals surface area contributed by atoms with Gasteiger partial charge in [0.1, 0.15) is 11.6 Å². The molecule has 3 aromatic carbocycles. The number of hydrogen-bond donors (Lipinski definition) is 1. The van der Waals surface area contributed by atoms with E-state index in [9.17, 15) is 18.4 Å². The van der Waals surface area contributed by atoms with Crippen molar-refractivity contribution in [1.29, 1.82) is 0 Å². The lowest BCUT2D eigenvalue weighted by molar-refractivity contribution is 0.0434. The van der Waals surface area contributed by atoms with Crippen molar-refractivity contribution < 1.29 is 23.1 Å². The van der Waals surface area contributed by atoms with Gasteiger partial charge in [-0.3, -0.25) is 9.69 Å². The highest BCUT2D eigenvalue weighted by Gasteiger charge is 2.36. The van der Waals surface area contributed by atoms with E-state index in [-0.39, 0.29) is 30.6 Å². The highest BCUT2D eigenvalue weighted by Crippen LogP contribution is 2.35. The molecule has 0 spiro atoms. The van der Waals surface area contributed by atoms with Crippen molar-refractivity contribution >= 4 is 12.0 Å². The summed E-state index contributed by atoms with van der Waals surface area (Å²) in [5.74, 6) is -1.51. The van der Waals surface area contributed by atoms with E-state index in [0.29, 0.717) is 49.6 Å². The summed E-state index contributed by atoms with van der Waals surface area (Å²) in [5, 5.41) is 3.05. The molecule has 4 aromatic rings. The Bertz CT molecular complexity index is 1640. The highest BCUT2D eigenvalue weighted by atomic mass is 19.1. The summed E-state index contributed by atoms with van der Waals surface area (Å²) in [6, 6.07) is 22.7. The van der Waals surface area contributed by atoms with E-state index < -0.39 is 17.7 Å². The number of amides is 2. The zero-order valence-corrected chi connectivity index (χ0v) is 26.7. The fraction of sp³-hybridized carbons (Fsp3) is 0.378. The summed E-state index contributed by atoms with van der Waals surface area (Å²) in [4.78, 5) is 35.9. The molecule has 2 fully saturated rings. The van der Waals surface area contributed by atoms with Crippen LogP contribution in [0.1, 0.15) is 60.3 Å². The molecule has 1 aliphatic carbocycles. The van der Waals surface area contributed by atoms with Gasteiger partial charge in [-0.2, -0.15) is 0 Å². The van der Waals surface area contributed by atoms with Crippen LogP contribution in [0.25, 0.3) is 11.3 Å². The molecule has 1 aliphatic heterocycles. The molecule has 2 amide bonds. The van der Waals surface area contributed by atoms with E-state index in [1.165, 1.54) is 12.1 Å². The van der Waals surface area contributed by atoms with E-state index in [1.807, 2.05) is 58.0 Å². The van der Waals surface area contributed by atoms with Crippen molar-refractivity contribution in [3.63, 3.8) is 0 Å². The van der Waals surface area contributed by atoms with Gasteiger partial charge in [0.05, 0.1) is 30.7 Å². The molecule has 0 unspecified atom stereocenters. The summed E-state index contributed by atoms with van der Waals surface area (Å²) in [7, 11) is 0. The first-order chi connectivity index (χ1) is 22.9. The largest absolute Gasteiger partial charge is 0.450 e. The van der Waals surface area contributed by atoms with Crippen LogP contribution in [0.3, 0.4) is 0 Å². The molecular weight excluding hydrogens is 600 g/mol. The molecule has 10 heteroatoms. The normalized spacial score (nSPS) is 20.1. The van der Waals surface area contributed by atoms with Crippen LogP contribution in [0.4, 0.5) is 13.6 Å². The first kappa shape index (κ1) is 32.4. The predicted octanol–water partition coefficient (Wildman–Crippen LogP) is 6.63. The van der Waals surface area contributed by atoms with E-state index in [4.69, 9.17) is 9.72 Å². The number of carbonyl (C=O) groups excluding carboxylic acids is 2. The van der Waals surface area contributed by atoms with Gasteiger partial charge in [0.15, 0.2) is 5.69 Å². The molecule has 8 nitrogen and oxygen atoms in total. The summed E-state index contributed by atoms with van der Waals surface area (Å²) in [6.07, 6.45) is 5.12. The van der Waals surface area contributed by atoms with Gasteiger partial charge in [-0.05, 0) is 49.4 Å². The van der Waals surface area contributed by atoms with Crippen molar-refractivity contribution in [2.45, 2.75) is 63.7 Å². The monoisotopic (exact) mass is 641 g/mol. The SMILES string of the molecule is CCOC(=O)N[C@H]1CCCC[C@@H]1n1cnc(C(=O)N2CCN(Cc3ccccc3)C[C@H]2Cc2cc(F)cc(F)c2)c1-c1ccccc1. The maximum atomic E-state index is 14.6. The zero-order valence-electron chi connectivity index (χ0n) is 26.7. The molecule has 0 bridgehead atoms. The smallest absolute Gasteiger partial charge is 0.407 e. The zero-order chi connectivity index (χ0) is 32.8. The van der Waals surface area contributed by atoms with Gasteiger partial charge in [0, 0.05) is 43.9 Å². The minimum atomic E-state index is -0.640. The summed E-state index contributed by atoms with van der Waals surface area (Å²) in [6.45, 7) is 4.38. The van der Waals surface area contributed by atoms with E-state index in [2.05, 4.69) is 22.3 Å². The average Bonchev–Trinajstić information content (AvgIpc) is 3.50. The van der Waals surface area contributed by atoms with Crippen LogP contribution < -0.4 is 5.32 Å². The number of imidazole rings is 1. The Morgan fingerprint density at radius 2 is 1.62 bits per heavy atom. The first-order valence-electron chi connectivity index (χ1n) is 16.5. The third-order valence-corrected chi connectivity index (χ3v) is 9.18. The number of rotatable bonds is 9. The summed E-state index contributed by atoms with van der Waals surface area (Å²) < 4.78 is 35.8. The van der Waals surface area contributed by atoms with Gasteiger partial charge in [-0.1, -0.05) is 73.5 Å². The standard InChI is InChI=1S/C37H41F2N5O3/c1-2-47-37(46)41-32-15-9-10-16-33(32)44-25-40-34(35(44)28-13-7-4-8-14-28)36(45)43-18-17-42(23-26-11-5-3-6-12-26)24-31(43)21-27-19-29(38)22-30(39)20-27/h3-8,11-14,19-20,22,25,31-33H,2,9-10,15-18,21,23-24H2,1H3,(H,41,46)/t31-,32+,33+/m1/s1. The van der Waals surface area contributed by atoms with Crippen molar-refractivity contribution in [2.24, 2.45) is 0 Å². The quantitative estimate of drug-likeness (QED) is 0.222. The Morgan fingerprint density at radius 1 is 0.915 bits per heavy atom. The molecule has 0 radical (unpaired) electrons. The number of hydrogen-bond acceptors (Lipinski definition) is 5.